The van der Waals surface area contributed by atoms with Gasteiger partial charge in [-0.2, -0.15) is 0 Å². The van der Waals surface area contributed by atoms with Gasteiger partial charge in [-0.1, -0.05) is 78.9 Å². The van der Waals surface area contributed by atoms with Crippen molar-refractivity contribution in [2.24, 2.45) is 11.8 Å². The molecule has 4 aromatic carbocycles. The number of aliphatic carboxylic acids is 1. The van der Waals surface area contributed by atoms with Gasteiger partial charge in [0.1, 0.15) is 5.75 Å². The first-order valence-corrected chi connectivity index (χ1v) is 12.1. The van der Waals surface area contributed by atoms with Crippen molar-refractivity contribution in [3.63, 3.8) is 0 Å². The summed E-state index contributed by atoms with van der Waals surface area (Å²) in [5, 5.41) is 10.1. The van der Waals surface area contributed by atoms with Crippen LogP contribution in [-0.4, -0.2) is 23.8 Å². The van der Waals surface area contributed by atoms with Gasteiger partial charge in [0.05, 0.1) is 11.8 Å². The van der Waals surface area contributed by atoms with Gasteiger partial charge >= 0.3 is 11.9 Å². The second kappa shape index (κ2) is 9.47. The highest BCUT2D eigenvalue weighted by atomic mass is 16.7. The van der Waals surface area contributed by atoms with E-state index in [-0.39, 0.29) is 6.79 Å². The molecule has 2 aliphatic rings. The van der Waals surface area contributed by atoms with Crippen LogP contribution in [0.25, 0.3) is 11.1 Å². The number of carboxylic acid groups (broad SMARTS) is 1. The summed E-state index contributed by atoms with van der Waals surface area (Å²) in [5.74, 6) is -1.95. The van der Waals surface area contributed by atoms with Crippen LogP contribution in [0, 0.1) is 11.8 Å². The van der Waals surface area contributed by atoms with E-state index in [1.807, 2.05) is 91.0 Å². The summed E-state index contributed by atoms with van der Waals surface area (Å²) in [6.07, 6.45) is 0. The van der Waals surface area contributed by atoms with Gasteiger partial charge in [-0.25, -0.2) is 0 Å². The summed E-state index contributed by atoms with van der Waals surface area (Å²) >= 11 is 0. The lowest BCUT2D eigenvalue weighted by molar-refractivity contribution is -0.158. The summed E-state index contributed by atoms with van der Waals surface area (Å²) in [4.78, 5) is 26.1. The molecule has 1 fully saturated rings. The lowest BCUT2D eigenvalue weighted by Gasteiger charge is -2.48. The van der Waals surface area contributed by atoms with Crippen LogP contribution in [0.2, 0.25) is 0 Å². The Hall–Kier alpha value is -4.58. The Labute approximate surface area is 214 Å². The highest BCUT2D eigenvalue weighted by Gasteiger charge is 2.59. The van der Waals surface area contributed by atoms with Gasteiger partial charge in [-0.15, -0.1) is 0 Å². The SMILES string of the molecule is O=C(O)C1C(c2ccccc2)C(C(=O)Oc2cccc(-c3ccc4c(c3)OCO4)c2)[C@@H]1c1ccccc1. The quantitative estimate of drug-likeness (QED) is 0.267. The molecule has 0 aromatic heterocycles. The van der Waals surface area contributed by atoms with E-state index in [4.69, 9.17) is 14.2 Å². The number of rotatable bonds is 6. The molecule has 0 saturated heterocycles. The summed E-state index contributed by atoms with van der Waals surface area (Å²) in [6.45, 7) is 0.195. The lowest BCUT2D eigenvalue weighted by Crippen LogP contribution is -2.52. The number of esters is 1. The Morgan fingerprint density at radius 1 is 0.676 bits per heavy atom. The number of hydrogen-bond acceptors (Lipinski definition) is 5. The summed E-state index contributed by atoms with van der Waals surface area (Å²) in [6, 6.07) is 31.7. The molecular weight excluding hydrogens is 468 g/mol. The number of carbonyl (C=O) groups excluding carboxylic acids is 1. The van der Waals surface area contributed by atoms with E-state index in [9.17, 15) is 14.7 Å². The third kappa shape index (κ3) is 4.20. The molecule has 1 aliphatic heterocycles. The van der Waals surface area contributed by atoms with E-state index >= 15 is 0 Å². The van der Waals surface area contributed by atoms with E-state index in [2.05, 4.69) is 0 Å². The molecule has 0 bridgehead atoms. The van der Waals surface area contributed by atoms with E-state index in [1.54, 1.807) is 12.1 Å². The van der Waals surface area contributed by atoms with E-state index in [1.165, 1.54) is 0 Å². The van der Waals surface area contributed by atoms with Crippen LogP contribution in [0.1, 0.15) is 23.0 Å². The van der Waals surface area contributed by atoms with Crippen molar-refractivity contribution >= 4 is 11.9 Å². The van der Waals surface area contributed by atoms with E-state index in [0.717, 1.165) is 22.3 Å². The van der Waals surface area contributed by atoms with E-state index in [0.29, 0.717) is 17.2 Å². The lowest BCUT2D eigenvalue weighted by atomic mass is 9.52. The normalized spacial score (nSPS) is 21.6. The minimum Gasteiger partial charge on any atom is -0.481 e. The Morgan fingerprint density at radius 2 is 1.30 bits per heavy atom. The molecule has 0 amide bonds. The fourth-order valence-corrected chi connectivity index (χ4v) is 5.53. The predicted octanol–water partition coefficient (Wildman–Crippen LogP) is 5.89. The van der Waals surface area contributed by atoms with Crippen LogP contribution in [-0.2, 0) is 9.59 Å². The third-order valence-electron chi connectivity index (χ3n) is 7.23. The Balaban J connectivity index is 1.32. The fraction of sp³-hybridized carbons (Fsp3) is 0.161. The monoisotopic (exact) mass is 492 g/mol. The summed E-state index contributed by atoms with van der Waals surface area (Å²) in [5.41, 5.74) is 3.40. The maximum atomic E-state index is 13.7. The molecule has 6 heteroatoms. The van der Waals surface area contributed by atoms with Gasteiger partial charge < -0.3 is 19.3 Å². The van der Waals surface area contributed by atoms with Gasteiger partial charge in [0, 0.05) is 11.8 Å². The smallest absolute Gasteiger partial charge is 0.315 e. The number of fused-ring (bicyclic) bond motifs is 1. The van der Waals surface area contributed by atoms with Crippen LogP contribution in [0.15, 0.2) is 103 Å². The summed E-state index contributed by atoms with van der Waals surface area (Å²) < 4.78 is 16.8. The molecule has 0 radical (unpaired) electrons. The van der Waals surface area contributed by atoms with Gasteiger partial charge in [0.15, 0.2) is 11.5 Å². The second-order valence-electron chi connectivity index (χ2n) is 9.28. The van der Waals surface area contributed by atoms with Crippen molar-refractivity contribution in [3.05, 3.63) is 114 Å². The molecule has 37 heavy (non-hydrogen) atoms. The van der Waals surface area contributed by atoms with Gasteiger partial charge in [0.2, 0.25) is 6.79 Å². The second-order valence-corrected chi connectivity index (χ2v) is 9.28. The molecule has 6 nitrogen and oxygen atoms in total. The molecule has 4 aromatic rings. The molecule has 0 spiro atoms. The molecule has 1 N–H and O–H groups in total. The molecular formula is C31H24O6. The fourth-order valence-electron chi connectivity index (χ4n) is 5.53. The standard InChI is InChI=1S/C31H24O6/c32-30(33)28-26(19-8-3-1-4-9-19)29(27(28)20-10-5-2-6-11-20)31(34)37-23-13-7-12-21(16-23)22-14-15-24-25(17-22)36-18-35-24/h1-17,26-29H,18H2,(H,32,33)/t26-,27?,28?,29?/m1/s1. The molecule has 4 atom stereocenters. The topological polar surface area (TPSA) is 82.1 Å². The molecule has 3 unspecified atom stereocenters. The first-order valence-electron chi connectivity index (χ1n) is 12.1. The summed E-state index contributed by atoms with van der Waals surface area (Å²) in [7, 11) is 0. The minimum absolute atomic E-state index is 0.195. The first-order chi connectivity index (χ1) is 18.1. The largest absolute Gasteiger partial charge is 0.481 e. The van der Waals surface area contributed by atoms with Crippen molar-refractivity contribution in [1.29, 1.82) is 0 Å². The molecule has 1 saturated carbocycles. The van der Waals surface area contributed by atoms with Crippen molar-refractivity contribution in [1.82, 2.24) is 0 Å². The predicted molar refractivity (Wildman–Crippen MR) is 137 cm³/mol. The number of carboxylic acids is 1. The van der Waals surface area contributed by atoms with Crippen LogP contribution < -0.4 is 14.2 Å². The van der Waals surface area contributed by atoms with Crippen LogP contribution in [0.3, 0.4) is 0 Å². The maximum Gasteiger partial charge on any atom is 0.315 e. The highest BCUT2D eigenvalue weighted by Crippen LogP contribution is 2.58. The molecule has 1 aliphatic carbocycles. The number of hydrogen-bond donors (Lipinski definition) is 1. The average molecular weight is 493 g/mol. The van der Waals surface area contributed by atoms with Crippen molar-refractivity contribution in [3.8, 4) is 28.4 Å². The molecule has 1 heterocycles. The molecule has 184 valence electrons. The zero-order valence-electron chi connectivity index (χ0n) is 19.8. The third-order valence-corrected chi connectivity index (χ3v) is 7.23. The Morgan fingerprint density at radius 3 is 1.95 bits per heavy atom. The molecule has 6 rings (SSSR count). The van der Waals surface area contributed by atoms with Crippen LogP contribution >= 0.6 is 0 Å². The van der Waals surface area contributed by atoms with Crippen LogP contribution in [0.4, 0.5) is 0 Å². The Kier molecular flexibility index (Phi) is 5.85. The zero-order valence-corrected chi connectivity index (χ0v) is 19.8. The zero-order chi connectivity index (χ0) is 25.4. The van der Waals surface area contributed by atoms with E-state index < -0.39 is 35.6 Å². The number of carbonyl (C=O) groups is 2. The van der Waals surface area contributed by atoms with Crippen molar-refractivity contribution < 1.29 is 28.9 Å². The average Bonchev–Trinajstić information content (AvgIpc) is 3.37. The van der Waals surface area contributed by atoms with Crippen molar-refractivity contribution in [2.75, 3.05) is 6.79 Å². The maximum absolute atomic E-state index is 13.7. The number of benzene rings is 4. The minimum atomic E-state index is -0.920. The van der Waals surface area contributed by atoms with Gasteiger partial charge in [-0.05, 0) is 46.5 Å². The first kappa shape index (κ1) is 22.9. The van der Waals surface area contributed by atoms with Crippen molar-refractivity contribution in [2.45, 2.75) is 11.8 Å². The Bertz CT molecular complexity index is 1400. The van der Waals surface area contributed by atoms with Crippen LogP contribution in [0.5, 0.6) is 17.2 Å². The van der Waals surface area contributed by atoms with Gasteiger partial charge in [-0.3, -0.25) is 9.59 Å². The highest BCUT2D eigenvalue weighted by molar-refractivity contribution is 5.86. The number of ether oxygens (including phenoxy) is 3. The van der Waals surface area contributed by atoms with Gasteiger partial charge in [0.25, 0.3) is 0 Å².